The van der Waals surface area contributed by atoms with E-state index < -0.39 is 11.4 Å². The summed E-state index contributed by atoms with van der Waals surface area (Å²) in [5.41, 5.74) is -0.572. The quantitative estimate of drug-likeness (QED) is 0.769. The second-order valence-corrected chi connectivity index (χ2v) is 5.71. The van der Waals surface area contributed by atoms with Gasteiger partial charge in [-0.05, 0) is 48.8 Å². The monoisotopic (exact) mass is 344 g/mol. The minimum atomic E-state index is -1.02. The van der Waals surface area contributed by atoms with E-state index in [0.717, 1.165) is 0 Å². The second-order valence-electron chi connectivity index (χ2n) is 4.86. The molecule has 0 heterocycles. The molecule has 0 spiro atoms. The zero-order chi connectivity index (χ0) is 15.3. The average molecular weight is 345 g/mol. The second kappa shape index (κ2) is 6.74. The fraction of sp³-hybridized carbons (Fsp3) is 0.429. The van der Waals surface area contributed by atoms with Crippen molar-refractivity contribution in [3.8, 4) is 11.5 Å². The molecule has 1 N–H and O–H groups in total. The van der Waals surface area contributed by atoms with Gasteiger partial charge in [-0.2, -0.15) is 0 Å². The van der Waals surface area contributed by atoms with E-state index in [4.69, 9.17) is 14.6 Å². The van der Waals surface area contributed by atoms with Crippen LogP contribution in [0.25, 0.3) is 0 Å². The van der Waals surface area contributed by atoms with E-state index in [1.54, 1.807) is 26.0 Å². The Kier molecular flexibility index (Phi) is 5.56. The van der Waals surface area contributed by atoms with Crippen molar-refractivity contribution < 1.29 is 24.2 Å². The summed E-state index contributed by atoms with van der Waals surface area (Å²) in [4.78, 5) is 21.9. The maximum absolute atomic E-state index is 11.1. The molecule has 0 radical (unpaired) electrons. The number of carboxylic acid groups (broad SMARTS) is 1. The van der Waals surface area contributed by atoms with Crippen LogP contribution in [0.2, 0.25) is 0 Å². The van der Waals surface area contributed by atoms with Crippen molar-refractivity contribution in [2.45, 2.75) is 20.8 Å². The molecule has 20 heavy (non-hydrogen) atoms. The predicted octanol–water partition coefficient (Wildman–Crippen LogP) is 3.15. The van der Waals surface area contributed by atoms with Gasteiger partial charge in [-0.1, -0.05) is 0 Å². The van der Waals surface area contributed by atoms with Gasteiger partial charge >= 0.3 is 5.97 Å². The Morgan fingerprint density at radius 3 is 2.55 bits per heavy atom. The highest BCUT2D eigenvalue weighted by atomic mass is 79.9. The zero-order valence-corrected chi connectivity index (χ0v) is 13.2. The number of halogens is 1. The number of carbonyl (C=O) groups is 2. The van der Waals surface area contributed by atoms with Crippen LogP contribution in [-0.2, 0) is 4.79 Å². The fourth-order valence-electron chi connectivity index (χ4n) is 1.37. The highest BCUT2D eigenvalue weighted by molar-refractivity contribution is 9.10. The third-order valence-electron chi connectivity index (χ3n) is 2.62. The molecule has 110 valence electrons. The summed E-state index contributed by atoms with van der Waals surface area (Å²) >= 11 is 3.30. The molecule has 0 aliphatic heterocycles. The van der Waals surface area contributed by atoms with Crippen LogP contribution in [0.5, 0.6) is 11.5 Å². The zero-order valence-electron chi connectivity index (χ0n) is 11.6. The third-order valence-corrected chi connectivity index (χ3v) is 3.21. The van der Waals surface area contributed by atoms with E-state index in [9.17, 15) is 9.59 Å². The van der Waals surface area contributed by atoms with Gasteiger partial charge in [0.1, 0.15) is 12.9 Å². The van der Waals surface area contributed by atoms with Crippen molar-refractivity contribution in [1.82, 2.24) is 0 Å². The molecule has 6 heteroatoms. The van der Waals surface area contributed by atoms with Crippen molar-refractivity contribution in [1.29, 1.82) is 0 Å². The lowest BCUT2D eigenvalue weighted by Crippen LogP contribution is -2.30. The molecule has 5 nitrogen and oxygen atoms in total. The number of ether oxygens (including phenoxy) is 2. The molecule has 1 aromatic carbocycles. The molecule has 1 rings (SSSR count). The first kappa shape index (κ1) is 16.5. The van der Waals surface area contributed by atoms with Crippen LogP contribution < -0.4 is 9.47 Å². The number of carboxylic acids is 1. The molecule has 0 aliphatic rings. The molecular formula is C14H17BrO5. The molecule has 0 saturated carbocycles. The molecular weight excluding hydrogens is 328 g/mol. The lowest BCUT2D eigenvalue weighted by atomic mass is 9.95. The van der Waals surface area contributed by atoms with Crippen LogP contribution in [0.3, 0.4) is 0 Å². The van der Waals surface area contributed by atoms with E-state index in [1.165, 1.54) is 0 Å². The Balaban J connectivity index is 3.04. The minimum absolute atomic E-state index is 0.0125. The molecule has 0 aliphatic carbocycles. The Morgan fingerprint density at radius 2 is 2.05 bits per heavy atom. The summed E-state index contributed by atoms with van der Waals surface area (Å²) in [5, 5.41) is 9.07. The topological polar surface area (TPSA) is 72.8 Å². The van der Waals surface area contributed by atoms with Crippen LogP contribution in [0.4, 0.5) is 0 Å². The maximum atomic E-state index is 11.1. The number of aliphatic carboxylic acids is 1. The minimum Gasteiger partial charge on any atom is -0.490 e. The van der Waals surface area contributed by atoms with Gasteiger partial charge in [-0.25, -0.2) is 0 Å². The summed E-state index contributed by atoms with van der Waals surface area (Å²) < 4.78 is 11.6. The molecule has 0 saturated heterocycles. The SMILES string of the molecule is CCOc1cc(C=O)cc(Br)c1OCC(C)(C)C(=O)O. The largest absolute Gasteiger partial charge is 0.490 e. The first-order chi connectivity index (χ1) is 9.31. The Hall–Kier alpha value is -1.56. The maximum Gasteiger partial charge on any atom is 0.312 e. The normalized spacial score (nSPS) is 11.0. The summed E-state index contributed by atoms with van der Waals surface area (Å²) in [6, 6.07) is 3.16. The standard InChI is InChI=1S/C14H17BrO5/c1-4-19-11-6-9(7-16)5-10(15)12(11)20-8-14(2,3)13(17)18/h5-7H,4,8H2,1-3H3,(H,17,18). The smallest absolute Gasteiger partial charge is 0.312 e. The summed E-state index contributed by atoms with van der Waals surface area (Å²) in [6.45, 7) is 5.36. The Labute approximate surface area is 126 Å². The Morgan fingerprint density at radius 1 is 1.40 bits per heavy atom. The molecule has 0 atom stereocenters. The third kappa shape index (κ3) is 3.96. The van der Waals surface area contributed by atoms with Crippen LogP contribution >= 0.6 is 15.9 Å². The van der Waals surface area contributed by atoms with Gasteiger partial charge in [-0.15, -0.1) is 0 Å². The molecule has 0 amide bonds. The van der Waals surface area contributed by atoms with Crippen LogP contribution in [0.1, 0.15) is 31.1 Å². The lowest BCUT2D eigenvalue weighted by Gasteiger charge is -2.21. The van der Waals surface area contributed by atoms with E-state index in [2.05, 4.69) is 15.9 Å². The van der Waals surface area contributed by atoms with Crippen molar-refractivity contribution in [2.24, 2.45) is 5.41 Å². The van der Waals surface area contributed by atoms with Gasteiger partial charge in [0.25, 0.3) is 0 Å². The number of hydrogen-bond acceptors (Lipinski definition) is 4. The number of rotatable bonds is 7. The first-order valence-corrected chi connectivity index (χ1v) is 6.89. The number of hydrogen-bond donors (Lipinski definition) is 1. The predicted molar refractivity (Wildman–Crippen MR) is 77.6 cm³/mol. The molecule has 0 unspecified atom stereocenters. The highest BCUT2D eigenvalue weighted by Gasteiger charge is 2.29. The van der Waals surface area contributed by atoms with Crippen LogP contribution in [0.15, 0.2) is 16.6 Å². The van der Waals surface area contributed by atoms with Gasteiger partial charge in [-0.3, -0.25) is 9.59 Å². The lowest BCUT2D eigenvalue weighted by molar-refractivity contribution is -0.148. The number of carbonyl (C=O) groups excluding carboxylic acids is 1. The number of aldehydes is 1. The molecule has 1 aromatic rings. The van der Waals surface area contributed by atoms with Gasteiger partial charge < -0.3 is 14.6 Å². The van der Waals surface area contributed by atoms with E-state index in [-0.39, 0.29) is 6.61 Å². The summed E-state index contributed by atoms with van der Waals surface area (Å²) in [5.74, 6) is -0.145. The van der Waals surface area contributed by atoms with Crippen molar-refractivity contribution in [3.05, 3.63) is 22.2 Å². The van der Waals surface area contributed by atoms with Crippen molar-refractivity contribution in [3.63, 3.8) is 0 Å². The van der Waals surface area contributed by atoms with Gasteiger partial charge in [0.2, 0.25) is 0 Å². The van der Waals surface area contributed by atoms with Crippen LogP contribution in [-0.4, -0.2) is 30.6 Å². The highest BCUT2D eigenvalue weighted by Crippen LogP contribution is 2.37. The van der Waals surface area contributed by atoms with E-state index >= 15 is 0 Å². The molecule has 0 aromatic heterocycles. The van der Waals surface area contributed by atoms with Crippen LogP contribution in [0, 0.1) is 5.41 Å². The molecule has 0 bridgehead atoms. The van der Waals surface area contributed by atoms with Crippen molar-refractivity contribution in [2.75, 3.05) is 13.2 Å². The fourth-order valence-corrected chi connectivity index (χ4v) is 1.95. The summed E-state index contributed by atoms with van der Waals surface area (Å²) in [6.07, 6.45) is 0.707. The van der Waals surface area contributed by atoms with Gasteiger partial charge in [0.15, 0.2) is 11.5 Å². The molecule has 0 fully saturated rings. The summed E-state index contributed by atoms with van der Waals surface area (Å²) in [7, 11) is 0. The van der Waals surface area contributed by atoms with Crippen molar-refractivity contribution >= 4 is 28.2 Å². The van der Waals surface area contributed by atoms with E-state index in [0.29, 0.717) is 34.4 Å². The van der Waals surface area contributed by atoms with E-state index in [1.807, 2.05) is 6.92 Å². The van der Waals surface area contributed by atoms with Gasteiger partial charge in [0, 0.05) is 5.56 Å². The average Bonchev–Trinajstić information content (AvgIpc) is 2.37. The number of benzene rings is 1. The van der Waals surface area contributed by atoms with Gasteiger partial charge in [0.05, 0.1) is 16.5 Å². The Bertz CT molecular complexity index is 511. The first-order valence-electron chi connectivity index (χ1n) is 6.09.